The Morgan fingerprint density at radius 1 is 1.65 bits per heavy atom. The van der Waals surface area contributed by atoms with E-state index in [9.17, 15) is 14.3 Å². The van der Waals surface area contributed by atoms with Crippen molar-refractivity contribution < 1.29 is 13.7 Å². The van der Waals surface area contributed by atoms with Crippen molar-refractivity contribution in [1.29, 1.82) is 0 Å². The Morgan fingerprint density at radius 3 is 2.88 bits per heavy atom. The van der Waals surface area contributed by atoms with E-state index in [1.807, 2.05) is 0 Å². The summed E-state index contributed by atoms with van der Waals surface area (Å²) < 4.78 is 16.7. The van der Waals surface area contributed by atoms with Crippen LogP contribution in [0.5, 0.6) is 0 Å². The second-order valence-electron chi connectivity index (χ2n) is 2.84. The van der Waals surface area contributed by atoms with Crippen LogP contribution >= 0.6 is 0 Å². The monoisotopic (exact) mass is 256 g/mol. The summed E-state index contributed by atoms with van der Waals surface area (Å²) in [5.41, 5.74) is 0. The van der Waals surface area contributed by atoms with Crippen LogP contribution in [-0.2, 0) is 18.3 Å². The Bertz CT molecular complexity index is 612. The predicted molar refractivity (Wildman–Crippen MR) is 53.3 cm³/mol. The first-order chi connectivity index (χ1) is 8.15. The summed E-state index contributed by atoms with van der Waals surface area (Å²) in [6.45, 7) is 0. The van der Waals surface area contributed by atoms with Gasteiger partial charge in [-0.3, -0.25) is 0 Å². The van der Waals surface area contributed by atoms with E-state index in [0.717, 1.165) is 10.8 Å². The molecule has 0 N–H and O–H groups in total. The summed E-state index contributed by atoms with van der Waals surface area (Å²) in [7, 11) is 1.40. The first-order valence-corrected chi connectivity index (χ1v) is 4.88. The maximum Gasteiger partial charge on any atom is 0.342 e. The molecule has 2 rings (SSSR count). The number of rotatable bonds is 3. The molecule has 0 fully saturated rings. The average molecular weight is 256 g/mol. The molecule has 0 aliphatic carbocycles. The number of aromatic nitrogens is 5. The van der Waals surface area contributed by atoms with Gasteiger partial charge in [0.15, 0.2) is 0 Å². The highest BCUT2D eigenvalue weighted by Crippen LogP contribution is 2.13. The molecule has 0 unspecified atom stereocenters. The quantitative estimate of drug-likeness (QED) is 0.292. The molecule has 0 aliphatic heterocycles. The van der Waals surface area contributed by atoms with Crippen LogP contribution in [-0.4, -0.2) is 39.1 Å². The number of hydrogen-bond acceptors (Lipinski definition) is 8. The maximum absolute atomic E-state index is 11.0. The molecule has 10 nitrogen and oxygen atoms in total. The van der Waals surface area contributed by atoms with Crippen molar-refractivity contribution in [2.45, 2.75) is 0 Å². The fourth-order valence-electron chi connectivity index (χ4n) is 1.17. The van der Waals surface area contributed by atoms with Crippen LogP contribution in [0, 0.1) is 10.1 Å². The molecule has 88 valence electrons. The number of nitro groups is 1. The van der Waals surface area contributed by atoms with Gasteiger partial charge in [-0.15, -0.1) is 0 Å². The van der Waals surface area contributed by atoms with Crippen molar-refractivity contribution in [2.24, 2.45) is 7.05 Å². The van der Waals surface area contributed by atoms with Gasteiger partial charge < -0.3 is 14.6 Å². The lowest BCUT2D eigenvalue weighted by Gasteiger charge is -1.95. The topological polar surface area (TPSA) is 130 Å². The second kappa shape index (κ2) is 4.21. The average Bonchev–Trinajstić information content (AvgIpc) is 2.91. The third kappa shape index (κ3) is 1.82. The maximum atomic E-state index is 11.0. The minimum atomic E-state index is -0.615. The van der Waals surface area contributed by atoms with Gasteiger partial charge in [-0.25, -0.2) is 13.8 Å². The molecule has 11 heteroatoms. The van der Waals surface area contributed by atoms with Gasteiger partial charge in [0.2, 0.25) is 10.7 Å². The highest BCUT2D eigenvalue weighted by molar-refractivity contribution is 7.67. The van der Waals surface area contributed by atoms with Crippen LogP contribution in [0.3, 0.4) is 0 Å². The molecule has 2 aromatic rings. The molecule has 0 spiro atoms. The fraction of sp³-hybridized carbons (Fsp3) is 0.167. The summed E-state index contributed by atoms with van der Waals surface area (Å²) in [6.07, 6.45) is 1.04. The Labute approximate surface area is 96.5 Å². The van der Waals surface area contributed by atoms with Crippen LogP contribution < -0.4 is 0 Å². The minimum Gasteiger partial charge on any atom is -0.358 e. The van der Waals surface area contributed by atoms with Crippen LogP contribution in [0.2, 0.25) is 0 Å². The third-order valence-electron chi connectivity index (χ3n) is 1.93. The SMILES string of the molecule is Cn1c([N+](=O)[O-])cnc1C(=S=O)c1nnno1. The standard InChI is InChI=1S/C6H4N6O4S/c1-11-3(12(13)14)2-7-5(11)4(17-15)6-8-9-10-16-6/h2H,1H3. The van der Waals surface area contributed by atoms with Gasteiger partial charge in [-0.1, -0.05) is 5.10 Å². The third-order valence-corrected chi connectivity index (χ3v) is 2.45. The summed E-state index contributed by atoms with van der Waals surface area (Å²) in [5.74, 6) is -0.310. The van der Waals surface area contributed by atoms with E-state index in [2.05, 4.69) is 25.1 Å². The lowest BCUT2D eigenvalue weighted by Crippen LogP contribution is -2.11. The molecule has 0 saturated carbocycles. The van der Waals surface area contributed by atoms with E-state index in [1.165, 1.54) is 7.05 Å². The van der Waals surface area contributed by atoms with E-state index in [4.69, 9.17) is 0 Å². The predicted octanol–water partition coefficient (Wildman–Crippen LogP) is -1.11. The van der Waals surface area contributed by atoms with Gasteiger partial charge in [0.05, 0.1) is 12.3 Å². The molecule has 2 heterocycles. The fourth-order valence-corrected chi connectivity index (χ4v) is 1.58. The van der Waals surface area contributed by atoms with Crippen LogP contribution in [0.4, 0.5) is 5.82 Å². The Balaban J connectivity index is 2.54. The first kappa shape index (κ1) is 11.1. The summed E-state index contributed by atoms with van der Waals surface area (Å²) >= 11 is 0.0444. The Morgan fingerprint density at radius 2 is 2.41 bits per heavy atom. The van der Waals surface area contributed by atoms with E-state index >= 15 is 0 Å². The zero-order valence-corrected chi connectivity index (χ0v) is 9.12. The van der Waals surface area contributed by atoms with Crippen molar-refractivity contribution in [3.63, 3.8) is 0 Å². The van der Waals surface area contributed by atoms with Crippen molar-refractivity contribution in [1.82, 2.24) is 25.1 Å². The molecule has 0 aliphatic rings. The lowest BCUT2D eigenvalue weighted by molar-refractivity contribution is -0.391. The number of nitrogens with zero attached hydrogens (tertiary/aromatic N) is 6. The van der Waals surface area contributed by atoms with Gasteiger partial charge >= 0.3 is 5.82 Å². The van der Waals surface area contributed by atoms with Crippen LogP contribution in [0.25, 0.3) is 0 Å². The van der Waals surface area contributed by atoms with Gasteiger partial charge in [0, 0.05) is 0 Å². The molecule has 0 saturated heterocycles. The highest BCUT2D eigenvalue weighted by Gasteiger charge is 2.25. The van der Waals surface area contributed by atoms with Crippen molar-refractivity contribution >= 4 is 21.9 Å². The molecule has 17 heavy (non-hydrogen) atoms. The second-order valence-corrected chi connectivity index (χ2v) is 3.41. The zero-order chi connectivity index (χ0) is 12.4. The molecule has 2 aromatic heterocycles. The molecule has 0 radical (unpaired) electrons. The largest absolute Gasteiger partial charge is 0.358 e. The molecular formula is C6H4N6O4S. The van der Waals surface area contributed by atoms with E-state index < -0.39 is 4.92 Å². The van der Waals surface area contributed by atoms with Gasteiger partial charge in [-0.2, -0.15) is 0 Å². The Hall–Kier alpha value is -2.43. The van der Waals surface area contributed by atoms with Crippen molar-refractivity contribution in [3.05, 3.63) is 28.0 Å². The van der Waals surface area contributed by atoms with Crippen molar-refractivity contribution in [3.8, 4) is 0 Å². The smallest absolute Gasteiger partial charge is 0.342 e. The molecule has 0 aromatic carbocycles. The van der Waals surface area contributed by atoms with Gasteiger partial charge in [0.1, 0.15) is 17.5 Å². The van der Waals surface area contributed by atoms with Gasteiger partial charge in [0.25, 0.3) is 5.89 Å². The highest BCUT2D eigenvalue weighted by atomic mass is 32.1. The van der Waals surface area contributed by atoms with E-state index in [1.54, 1.807) is 0 Å². The van der Waals surface area contributed by atoms with Crippen LogP contribution in [0.15, 0.2) is 10.7 Å². The lowest BCUT2D eigenvalue weighted by atomic mass is 10.4. The molecular weight excluding hydrogens is 252 g/mol. The normalized spacial score (nSPS) is 10.2. The zero-order valence-electron chi connectivity index (χ0n) is 8.30. The summed E-state index contributed by atoms with van der Waals surface area (Å²) in [5, 5.41) is 20.4. The van der Waals surface area contributed by atoms with E-state index in [0.29, 0.717) is 0 Å². The van der Waals surface area contributed by atoms with Gasteiger partial charge in [-0.05, 0) is 10.1 Å². The number of imidazole rings is 1. The van der Waals surface area contributed by atoms with Crippen molar-refractivity contribution in [2.75, 3.05) is 0 Å². The van der Waals surface area contributed by atoms with Crippen LogP contribution in [0.1, 0.15) is 11.7 Å². The summed E-state index contributed by atoms with van der Waals surface area (Å²) in [4.78, 5) is 13.8. The van der Waals surface area contributed by atoms with E-state index in [-0.39, 0.29) is 33.7 Å². The number of hydrogen-bond donors (Lipinski definition) is 0. The Kier molecular flexibility index (Phi) is 2.74. The minimum absolute atomic E-state index is 0.0226. The molecule has 0 amide bonds. The summed E-state index contributed by atoms with van der Waals surface area (Å²) in [6, 6.07) is 0. The molecule has 0 bridgehead atoms. The molecule has 0 atom stereocenters. The first-order valence-electron chi connectivity index (χ1n) is 4.13.